The van der Waals surface area contributed by atoms with Gasteiger partial charge in [-0.15, -0.1) is 0 Å². The summed E-state index contributed by atoms with van der Waals surface area (Å²) in [7, 11) is 0. The van der Waals surface area contributed by atoms with Crippen molar-refractivity contribution in [3.8, 4) is 0 Å². The lowest BCUT2D eigenvalue weighted by Crippen LogP contribution is -2.39. The van der Waals surface area contributed by atoms with E-state index in [0.717, 1.165) is 12.0 Å². The summed E-state index contributed by atoms with van der Waals surface area (Å²) < 4.78 is 0. The van der Waals surface area contributed by atoms with Crippen molar-refractivity contribution >= 4 is 5.91 Å². The van der Waals surface area contributed by atoms with E-state index in [0.29, 0.717) is 0 Å². The molecule has 0 aromatic heterocycles. The highest BCUT2D eigenvalue weighted by Crippen LogP contribution is 2.28. The van der Waals surface area contributed by atoms with Crippen molar-refractivity contribution in [2.75, 3.05) is 0 Å². The standard InChI is InChI=1S/C11H14N2O/c1-7(14)13-10-6-8-4-2-3-5-9(8)11(10)12/h2-5,10-11H,6,12H2,1H3,(H,13,14)/t10-,11-/m1/s1. The van der Waals surface area contributed by atoms with E-state index in [1.165, 1.54) is 12.5 Å². The SMILES string of the molecule is CC(=O)N[C@@H]1Cc2ccccc2[C@H]1N. The third-order valence-electron chi connectivity index (χ3n) is 2.68. The highest BCUT2D eigenvalue weighted by atomic mass is 16.1. The minimum absolute atomic E-state index is 0.0155. The van der Waals surface area contributed by atoms with Crippen molar-refractivity contribution in [1.82, 2.24) is 5.32 Å². The Balaban J connectivity index is 2.21. The number of fused-ring (bicyclic) bond motifs is 1. The van der Waals surface area contributed by atoms with E-state index in [-0.39, 0.29) is 18.0 Å². The van der Waals surface area contributed by atoms with Gasteiger partial charge in [-0.05, 0) is 17.5 Å². The third kappa shape index (κ3) is 1.51. The predicted molar refractivity (Wildman–Crippen MR) is 54.7 cm³/mol. The van der Waals surface area contributed by atoms with Crippen LogP contribution in [0.25, 0.3) is 0 Å². The van der Waals surface area contributed by atoms with Crippen LogP contribution in [0.2, 0.25) is 0 Å². The Morgan fingerprint density at radius 2 is 2.21 bits per heavy atom. The van der Waals surface area contributed by atoms with Crippen LogP contribution in [0.15, 0.2) is 24.3 Å². The van der Waals surface area contributed by atoms with Crippen LogP contribution in [-0.2, 0) is 11.2 Å². The molecule has 0 saturated heterocycles. The molecule has 0 heterocycles. The zero-order valence-corrected chi connectivity index (χ0v) is 8.16. The Kier molecular flexibility index (Phi) is 2.25. The molecule has 14 heavy (non-hydrogen) atoms. The first-order valence-corrected chi connectivity index (χ1v) is 4.79. The number of nitrogens with one attached hydrogen (secondary N) is 1. The number of amides is 1. The molecule has 0 spiro atoms. The normalized spacial score (nSPS) is 24.4. The van der Waals surface area contributed by atoms with Crippen LogP contribution < -0.4 is 11.1 Å². The van der Waals surface area contributed by atoms with Crippen LogP contribution >= 0.6 is 0 Å². The van der Waals surface area contributed by atoms with Gasteiger partial charge < -0.3 is 11.1 Å². The summed E-state index contributed by atoms with van der Waals surface area (Å²) in [5.41, 5.74) is 8.43. The second-order valence-corrected chi connectivity index (χ2v) is 3.74. The molecule has 2 atom stereocenters. The van der Waals surface area contributed by atoms with Gasteiger partial charge in [-0.2, -0.15) is 0 Å². The summed E-state index contributed by atoms with van der Waals surface area (Å²) in [5, 5.41) is 2.87. The van der Waals surface area contributed by atoms with Crippen LogP contribution in [-0.4, -0.2) is 11.9 Å². The van der Waals surface area contributed by atoms with Crippen molar-refractivity contribution in [2.45, 2.75) is 25.4 Å². The third-order valence-corrected chi connectivity index (χ3v) is 2.68. The Morgan fingerprint density at radius 1 is 1.50 bits per heavy atom. The molecule has 1 aliphatic rings. The van der Waals surface area contributed by atoms with Gasteiger partial charge >= 0.3 is 0 Å². The van der Waals surface area contributed by atoms with Gasteiger partial charge in [0.15, 0.2) is 0 Å². The summed E-state index contributed by atoms with van der Waals surface area (Å²) in [4.78, 5) is 10.9. The fraction of sp³-hybridized carbons (Fsp3) is 0.364. The van der Waals surface area contributed by atoms with Crippen molar-refractivity contribution in [1.29, 1.82) is 0 Å². The molecule has 3 nitrogen and oxygen atoms in total. The van der Waals surface area contributed by atoms with Gasteiger partial charge in [0.2, 0.25) is 5.91 Å². The Hall–Kier alpha value is -1.35. The van der Waals surface area contributed by atoms with E-state index < -0.39 is 0 Å². The molecule has 0 saturated carbocycles. The fourth-order valence-corrected chi connectivity index (χ4v) is 2.03. The zero-order valence-electron chi connectivity index (χ0n) is 8.16. The molecule has 0 radical (unpaired) electrons. The minimum Gasteiger partial charge on any atom is -0.351 e. The van der Waals surface area contributed by atoms with Crippen molar-refractivity contribution < 1.29 is 4.79 Å². The van der Waals surface area contributed by atoms with Gasteiger partial charge in [0.25, 0.3) is 0 Å². The molecule has 0 fully saturated rings. The lowest BCUT2D eigenvalue weighted by molar-refractivity contribution is -0.119. The number of carbonyl (C=O) groups is 1. The van der Waals surface area contributed by atoms with Gasteiger partial charge in [0.1, 0.15) is 0 Å². The highest BCUT2D eigenvalue weighted by molar-refractivity contribution is 5.73. The second kappa shape index (κ2) is 3.42. The molecule has 3 heteroatoms. The number of hydrogen-bond acceptors (Lipinski definition) is 2. The fourth-order valence-electron chi connectivity index (χ4n) is 2.03. The van der Waals surface area contributed by atoms with Crippen molar-refractivity contribution in [3.05, 3.63) is 35.4 Å². The van der Waals surface area contributed by atoms with Crippen LogP contribution in [0.1, 0.15) is 24.1 Å². The average Bonchev–Trinajstić information content (AvgIpc) is 2.44. The summed E-state index contributed by atoms with van der Waals surface area (Å²) >= 11 is 0. The smallest absolute Gasteiger partial charge is 0.217 e. The Morgan fingerprint density at radius 3 is 2.86 bits per heavy atom. The van der Waals surface area contributed by atoms with Gasteiger partial charge in [-0.3, -0.25) is 4.79 Å². The van der Waals surface area contributed by atoms with Gasteiger partial charge in [0.05, 0.1) is 12.1 Å². The number of carbonyl (C=O) groups excluding carboxylic acids is 1. The van der Waals surface area contributed by atoms with E-state index >= 15 is 0 Å². The zero-order chi connectivity index (χ0) is 10.1. The maximum absolute atomic E-state index is 10.9. The molecular weight excluding hydrogens is 176 g/mol. The van der Waals surface area contributed by atoms with E-state index in [9.17, 15) is 4.79 Å². The van der Waals surface area contributed by atoms with Crippen LogP contribution in [0.5, 0.6) is 0 Å². The quantitative estimate of drug-likeness (QED) is 0.686. The first-order valence-electron chi connectivity index (χ1n) is 4.79. The summed E-state index contributed by atoms with van der Waals surface area (Å²) in [6, 6.07) is 8.08. The average molecular weight is 190 g/mol. The van der Waals surface area contributed by atoms with Crippen LogP contribution in [0, 0.1) is 0 Å². The molecule has 74 valence electrons. The highest BCUT2D eigenvalue weighted by Gasteiger charge is 2.29. The monoisotopic (exact) mass is 190 g/mol. The second-order valence-electron chi connectivity index (χ2n) is 3.74. The Bertz CT molecular complexity index is 362. The maximum Gasteiger partial charge on any atom is 0.217 e. The molecule has 1 aromatic rings. The molecule has 2 rings (SSSR count). The van der Waals surface area contributed by atoms with E-state index in [1.807, 2.05) is 18.2 Å². The molecular formula is C11H14N2O. The molecule has 1 aromatic carbocycles. The topological polar surface area (TPSA) is 55.1 Å². The predicted octanol–water partition coefficient (Wildman–Crippen LogP) is 0.747. The number of nitrogens with two attached hydrogens (primary N) is 1. The first-order chi connectivity index (χ1) is 6.68. The largest absolute Gasteiger partial charge is 0.351 e. The van der Waals surface area contributed by atoms with E-state index in [4.69, 9.17) is 5.73 Å². The minimum atomic E-state index is -0.0601. The number of rotatable bonds is 1. The van der Waals surface area contributed by atoms with Crippen LogP contribution in [0.3, 0.4) is 0 Å². The van der Waals surface area contributed by atoms with Crippen LogP contribution in [0.4, 0.5) is 0 Å². The maximum atomic E-state index is 10.9. The lowest BCUT2D eigenvalue weighted by atomic mass is 10.1. The summed E-state index contributed by atoms with van der Waals surface area (Å²) in [6.45, 7) is 1.52. The summed E-state index contributed by atoms with van der Waals surface area (Å²) in [5.74, 6) is -0.0155. The molecule has 1 amide bonds. The molecule has 0 aliphatic heterocycles. The number of hydrogen-bond donors (Lipinski definition) is 2. The van der Waals surface area contributed by atoms with E-state index in [2.05, 4.69) is 11.4 Å². The molecule has 0 unspecified atom stereocenters. The van der Waals surface area contributed by atoms with Crippen molar-refractivity contribution in [3.63, 3.8) is 0 Å². The molecule has 1 aliphatic carbocycles. The number of benzene rings is 1. The lowest BCUT2D eigenvalue weighted by Gasteiger charge is -2.16. The van der Waals surface area contributed by atoms with E-state index in [1.54, 1.807) is 0 Å². The van der Waals surface area contributed by atoms with Gasteiger partial charge in [-0.1, -0.05) is 24.3 Å². The van der Waals surface area contributed by atoms with Crippen molar-refractivity contribution in [2.24, 2.45) is 5.73 Å². The Labute approximate surface area is 83.3 Å². The summed E-state index contributed by atoms with van der Waals surface area (Å²) in [6.07, 6.45) is 0.844. The van der Waals surface area contributed by atoms with Gasteiger partial charge in [-0.25, -0.2) is 0 Å². The first kappa shape index (κ1) is 9.21. The van der Waals surface area contributed by atoms with Gasteiger partial charge in [0, 0.05) is 6.92 Å². The molecule has 3 N–H and O–H groups in total. The molecule has 0 bridgehead atoms.